The molecule has 3 aromatic carbocycles. The van der Waals surface area contributed by atoms with Crippen LogP contribution in [-0.4, -0.2) is 71.1 Å². The van der Waals surface area contributed by atoms with Gasteiger partial charge in [-0.25, -0.2) is 9.78 Å². The summed E-state index contributed by atoms with van der Waals surface area (Å²) in [4.78, 5) is 47.0. The third kappa shape index (κ3) is 6.76. The van der Waals surface area contributed by atoms with Crippen LogP contribution in [0.4, 0.5) is 13.2 Å². The van der Waals surface area contributed by atoms with Crippen LogP contribution >= 0.6 is 0 Å². The average Bonchev–Trinajstić information content (AvgIpc) is 3.01. The predicted molar refractivity (Wildman–Crippen MR) is 151 cm³/mol. The summed E-state index contributed by atoms with van der Waals surface area (Å²) in [6.07, 6.45) is -5.86. The van der Waals surface area contributed by atoms with Crippen LogP contribution in [-0.2, 0) is 31.8 Å². The van der Waals surface area contributed by atoms with Gasteiger partial charge in [0.05, 0.1) is 42.4 Å². The Hall–Kier alpha value is -4.55. The lowest BCUT2D eigenvalue weighted by Crippen LogP contribution is -2.48. The lowest BCUT2D eigenvalue weighted by Gasteiger charge is -2.34. The van der Waals surface area contributed by atoms with Crippen molar-refractivity contribution in [2.75, 3.05) is 39.8 Å². The van der Waals surface area contributed by atoms with E-state index in [1.54, 1.807) is 54.6 Å². The minimum atomic E-state index is -4.67. The predicted octanol–water partition coefficient (Wildman–Crippen LogP) is 3.98. The van der Waals surface area contributed by atoms with Gasteiger partial charge in [0.25, 0.3) is 5.56 Å². The molecule has 1 aliphatic rings. The number of esters is 2. The first kappa shape index (κ1) is 29.9. The maximum Gasteiger partial charge on any atom is 0.418 e. The van der Waals surface area contributed by atoms with Gasteiger partial charge in [0.2, 0.25) is 6.10 Å². The van der Waals surface area contributed by atoms with Crippen LogP contribution in [0.1, 0.15) is 23.1 Å². The molecular weight excluding hydrogens is 565 g/mol. The van der Waals surface area contributed by atoms with Gasteiger partial charge in [-0.1, -0.05) is 54.6 Å². The molecule has 5 rings (SSSR count). The largest absolute Gasteiger partial charge is 0.466 e. The lowest BCUT2D eigenvalue weighted by molar-refractivity contribution is -0.167. The van der Waals surface area contributed by atoms with Gasteiger partial charge >= 0.3 is 18.1 Å². The van der Waals surface area contributed by atoms with Gasteiger partial charge in [-0.3, -0.25) is 24.0 Å². The molecule has 0 amide bonds. The second-order valence-corrected chi connectivity index (χ2v) is 10.1. The second-order valence-electron chi connectivity index (χ2n) is 10.1. The fourth-order valence-electron chi connectivity index (χ4n) is 5.09. The summed E-state index contributed by atoms with van der Waals surface area (Å²) in [5.74, 6) is -1.11. The Kier molecular flexibility index (Phi) is 8.88. The van der Waals surface area contributed by atoms with Gasteiger partial charge < -0.3 is 9.47 Å². The highest BCUT2D eigenvalue weighted by molar-refractivity contribution is 5.81. The third-order valence-electron chi connectivity index (χ3n) is 7.25. The van der Waals surface area contributed by atoms with E-state index in [0.29, 0.717) is 37.3 Å². The summed E-state index contributed by atoms with van der Waals surface area (Å²) >= 11 is 0. The van der Waals surface area contributed by atoms with E-state index < -0.39 is 35.3 Å². The maximum absolute atomic E-state index is 13.9. The monoisotopic (exact) mass is 594 g/mol. The number of carbonyl (C=O) groups is 2. The van der Waals surface area contributed by atoms with Gasteiger partial charge in [0, 0.05) is 31.7 Å². The number of hydrogen-bond donors (Lipinski definition) is 0. The molecule has 43 heavy (non-hydrogen) atoms. The normalized spacial score (nSPS) is 15.3. The molecule has 1 aliphatic heterocycles. The summed E-state index contributed by atoms with van der Waals surface area (Å²) in [7, 11) is 1.22. The average molecular weight is 595 g/mol. The van der Waals surface area contributed by atoms with Crippen LogP contribution in [0.2, 0.25) is 0 Å². The quantitative estimate of drug-likeness (QED) is 0.283. The van der Waals surface area contributed by atoms with E-state index in [0.717, 1.165) is 10.6 Å². The molecule has 9 nitrogen and oxygen atoms in total. The van der Waals surface area contributed by atoms with Crippen molar-refractivity contribution in [3.8, 4) is 5.69 Å². The van der Waals surface area contributed by atoms with Crippen LogP contribution in [0.15, 0.2) is 83.7 Å². The SMILES string of the molecule is COC(=O)C(OC(=O)CN1CCN(Cc2nc3ccccc3c(=O)n2-c2ccccc2C(F)(F)F)CC1)c1ccccc1. The molecular formula is C31H29F3N4O5. The molecule has 1 saturated heterocycles. The van der Waals surface area contributed by atoms with E-state index in [9.17, 15) is 27.6 Å². The van der Waals surface area contributed by atoms with Crippen molar-refractivity contribution in [2.45, 2.75) is 18.8 Å². The minimum Gasteiger partial charge on any atom is -0.466 e. The standard InChI is InChI=1S/C31H29F3N4O5/c1-42-30(41)28(21-9-3-2-4-10-21)43-27(39)20-37-17-15-36(16-18-37)19-26-35-24-13-7-5-11-22(24)29(40)38(26)25-14-8-6-12-23(25)31(32,33)34/h2-14,28H,15-20H2,1H3. The van der Waals surface area contributed by atoms with Crippen molar-refractivity contribution in [1.29, 1.82) is 0 Å². The van der Waals surface area contributed by atoms with Gasteiger partial charge in [-0.05, 0) is 24.3 Å². The Balaban J connectivity index is 1.32. The zero-order valence-electron chi connectivity index (χ0n) is 23.3. The smallest absolute Gasteiger partial charge is 0.418 e. The van der Waals surface area contributed by atoms with Gasteiger partial charge in [-0.15, -0.1) is 0 Å². The Labute approximate surface area is 245 Å². The van der Waals surface area contributed by atoms with E-state index in [1.165, 1.54) is 25.3 Å². The van der Waals surface area contributed by atoms with Crippen LogP contribution in [0.5, 0.6) is 0 Å². The fraction of sp³-hybridized carbons (Fsp3) is 0.290. The molecule has 12 heteroatoms. The number of rotatable bonds is 8. The number of aromatic nitrogens is 2. The molecule has 1 fully saturated rings. The topological polar surface area (TPSA) is 94.0 Å². The van der Waals surface area contributed by atoms with E-state index in [-0.39, 0.29) is 30.0 Å². The Morgan fingerprint density at radius 2 is 1.51 bits per heavy atom. The molecule has 0 bridgehead atoms. The summed E-state index contributed by atoms with van der Waals surface area (Å²) in [5.41, 5.74) is -0.915. The number of halogens is 3. The number of hydrogen-bond acceptors (Lipinski definition) is 8. The Morgan fingerprint density at radius 1 is 0.884 bits per heavy atom. The molecule has 0 N–H and O–H groups in total. The first-order valence-corrected chi connectivity index (χ1v) is 13.6. The summed E-state index contributed by atoms with van der Waals surface area (Å²) in [5, 5.41) is 0.215. The third-order valence-corrected chi connectivity index (χ3v) is 7.25. The van der Waals surface area contributed by atoms with E-state index in [4.69, 9.17) is 9.47 Å². The van der Waals surface area contributed by atoms with Crippen molar-refractivity contribution >= 4 is 22.8 Å². The highest BCUT2D eigenvalue weighted by atomic mass is 19.4. The molecule has 224 valence electrons. The Morgan fingerprint density at radius 3 is 2.21 bits per heavy atom. The highest BCUT2D eigenvalue weighted by Crippen LogP contribution is 2.34. The van der Waals surface area contributed by atoms with E-state index in [1.807, 2.05) is 9.80 Å². The number of para-hydroxylation sites is 2. The zero-order chi connectivity index (χ0) is 30.6. The van der Waals surface area contributed by atoms with Crippen molar-refractivity contribution in [2.24, 2.45) is 0 Å². The van der Waals surface area contributed by atoms with Crippen LogP contribution in [0.25, 0.3) is 16.6 Å². The molecule has 0 radical (unpaired) electrons. The number of benzene rings is 3. The van der Waals surface area contributed by atoms with Crippen LogP contribution < -0.4 is 5.56 Å². The number of piperazine rings is 1. The first-order valence-electron chi connectivity index (χ1n) is 13.6. The van der Waals surface area contributed by atoms with Crippen LogP contribution in [0, 0.1) is 0 Å². The number of ether oxygens (including phenoxy) is 2. The van der Waals surface area contributed by atoms with Crippen molar-refractivity contribution in [1.82, 2.24) is 19.4 Å². The molecule has 1 unspecified atom stereocenters. The number of methoxy groups -OCH3 is 1. The summed E-state index contributed by atoms with van der Waals surface area (Å²) in [6.45, 7) is 1.85. The van der Waals surface area contributed by atoms with Gasteiger partial charge in [-0.2, -0.15) is 13.2 Å². The highest BCUT2D eigenvalue weighted by Gasteiger charge is 2.35. The number of carbonyl (C=O) groups excluding carboxylic acids is 2. The molecule has 4 aromatic rings. The van der Waals surface area contributed by atoms with Gasteiger partial charge in [0.15, 0.2) is 0 Å². The zero-order valence-corrected chi connectivity index (χ0v) is 23.3. The summed E-state index contributed by atoms with van der Waals surface area (Å²) < 4.78 is 53.1. The van der Waals surface area contributed by atoms with Crippen molar-refractivity contribution in [3.63, 3.8) is 0 Å². The molecule has 0 spiro atoms. The molecule has 1 aromatic heterocycles. The number of nitrogens with zero attached hydrogens (tertiary/aromatic N) is 4. The lowest BCUT2D eigenvalue weighted by atomic mass is 10.1. The van der Waals surface area contributed by atoms with Gasteiger partial charge in [0.1, 0.15) is 5.82 Å². The number of alkyl halides is 3. The van der Waals surface area contributed by atoms with Crippen molar-refractivity contribution in [3.05, 3.63) is 106 Å². The second kappa shape index (κ2) is 12.8. The van der Waals surface area contributed by atoms with Crippen molar-refractivity contribution < 1.29 is 32.2 Å². The van der Waals surface area contributed by atoms with Crippen LogP contribution in [0.3, 0.4) is 0 Å². The summed E-state index contributed by atoms with van der Waals surface area (Å²) in [6, 6.07) is 20.1. The molecule has 0 aliphatic carbocycles. The minimum absolute atomic E-state index is 0.0634. The van der Waals surface area contributed by atoms with E-state index >= 15 is 0 Å². The first-order chi connectivity index (χ1) is 20.7. The molecule has 2 heterocycles. The fourth-order valence-corrected chi connectivity index (χ4v) is 5.09. The maximum atomic E-state index is 13.9. The molecule has 0 saturated carbocycles. The number of fused-ring (bicyclic) bond motifs is 1. The molecule has 1 atom stereocenters. The van der Waals surface area contributed by atoms with E-state index in [2.05, 4.69) is 4.98 Å². The Bertz CT molecular complexity index is 1670.